The molecule has 2 rings (SSSR count). The maximum Gasteiger partial charge on any atom is 0.376 e. The van der Waals surface area contributed by atoms with Gasteiger partial charge in [-0.2, -0.15) is 0 Å². The zero-order valence-corrected chi connectivity index (χ0v) is 19.1. The highest BCUT2D eigenvalue weighted by atomic mass is 31.2. The van der Waals surface area contributed by atoms with E-state index in [1.165, 1.54) is 6.66 Å². The number of hydrogen-bond donors (Lipinski definition) is 1. The molecule has 0 fully saturated rings. The molecule has 0 radical (unpaired) electrons. The molecule has 1 atom stereocenters. The van der Waals surface area contributed by atoms with E-state index in [4.69, 9.17) is 9.05 Å². The average molecular weight is 416 g/mol. The molecule has 0 saturated heterocycles. The molecule has 1 unspecified atom stereocenters. The summed E-state index contributed by atoms with van der Waals surface area (Å²) in [7, 11) is -3.32. The van der Waals surface area contributed by atoms with Gasteiger partial charge in [-0.3, -0.25) is 0 Å². The van der Waals surface area contributed by atoms with Crippen LogP contribution in [0.5, 0.6) is 11.5 Å². The lowest BCUT2D eigenvalue weighted by Crippen LogP contribution is -2.00. The fourth-order valence-corrected chi connectivity index (χ4v) is 4.42. The number of aryl methyl sites for hydroxylation is 2. The fourth-order valence-electron chi connectivity index (χ4n) is 3.40. The van der Waals surface area contributed by atoms with E-state index < -0.39 is 7.60 Å². The van der Waals surface area contributed by atoms with Crippen molar-refractivity contribution in [1.29, 1.82) is 0 Å². The second-order valence-corrected chi connectivity index (χ2v) is 9.54. The van der Waals surface area contributed by atoms with Crippen molar-refractivity contribution < 1.29 is 18.7 Å². The Hall–Kier alpha value is -2.03. The maximum absolute atomic E-state index is 12.8. The van der Waals surface area contributed by atoms with Crippen LogP contribution >= 0.6 is 7.60 Å². The van der Waals surface area contributed by atoms with E-state index in [0.717, 1.165) is 53.5 Å². The number of rotatable bonds is 10. The summed E-state index contributed by atoms with van der Waals surface area (Å²) in [5.74, 6) is 0.488. The van der Waals surface area contributed by atoms with Crippen LogP contribution in [0.15, 0.2) is 36.9 Å². The van der Waals surface area contributed by atoms with Gasteiger partial charge in [0.2, 0.25) is 0 Å². The van der Waals surface area contributed by atoms with Crippen LogP contribution in [0.2, 0.25) is 0 Å². The van der Waals surface area contributed by atoms with Crippen molar-refractivity contribution >= 4 is 13.2 Å². The summed E-state index contributed by atoms with van der Waals surface area (Å²) in [6.45, 7) is 13.7. The Kier molecular flexibility index (Phi) is 8.13. The molecule has 4 nitrogen and oxygen atoms in total. The molecule has 0 aliphatic heterocycles. The lowest BCUT2D eigenvalue weighted by atomic mass is 9.91. The van der Waals surface area contributed by atoms with Crippen LogP contribution in [0, 0.1) is 6.92 Å². The normalized spacial score (nSPS) is 13.1. The molecular weight excluding hydrogens is 383 g/mol. The summed E-state index contributed by atoms with van der Waals surface area (Å²) < 4.78 is 24.0. The van der Waals surface area contributed by atoms with Gasteiger partial charge in [-0.25, -0.2) is 4.57 Å². The van der Waals surface area contributed by atoms with Gasteiger partial charge < -0.3 is 14.2 Å². The molecule has 158 valence electrons. The number of benzene rings is 2. The predicted octanol–water partition coefficient (Wildman–Crippen LogP) is 7.37. The van der Waals surface area contributed by atoms with Gasteiger partial charge in [0, 0.05) is 6.66 Å². The smallest absolute Gasteiger partial charge is 0.376 e. The molecule has 0 spiro atoms. The molecule has 0 heterocycles. The second kappa shape index (κ2) is 10.1. The standard InChI is InChI=1S/C24H33O4P/c1-7-9-10-11-19-15-22(25)24(23(16-19)28-29(6,26)27-8-2)21-14-18(5)12-13-20(21)17(3)4/h12-16,25H,3,7-11H2,1-2,4-6H3. The predicted molar refractivity (Wildman–Crippen MR) is 122 cm³/mol. The van der Waals surface area contributed by atoms with Gasteiger partial charge in [-0.1, -0.05) is 55.7 Å². The average Bonchev–Trinajstić information content (AvgIpc) is 2.61. The lowest BCUT2D eigenvalue weighted by Gasteiger charge is -2.21. The van der Waals surface area contributed by atoms with Crippen LogP contribution in [-0.2, 0) is 15.5 Å². The van der Waals surface area contributed by atoms with Crippen molar-refractivity contribution in [2.45, 2.75) is 53.4 Å². The number of unbranched alkanes of at least 4 members (excludes halogenated alkanes) is 2. The van der Waals surface area contributed by atoms with E-state index in [2.05, 4.69) is 13.5 Å². The first-order valence-electron chi connectivity index (χ1n) is 10.2. The van der Waals surface area contributed by atoms with Gasteiger partial charge in [-0.05, 0) is 62.4 Å². The lowest BCUT2D eigenvalue weighted by molar-refractivity contribution is 0.284. The third kappa shape index (κ3) is 6.22. The van der Waals surface area contributed by atoms with Crippen LogP contribution < -0.4 is 4.52 Å². The summed E-state index contributed by atoms with van der Waals surface area (Å²) in [4.78, 5) is 0. The van der Waals surface area contributed by atoms with Crippen LogP contribution in [0.25, 0.3) is 16.7 Å². The Morgan fingerprint density at radius 1 is 1.17 bits per heavy atom. The molecule has 0 aliphatic carbocycles. The second-order valence-electron chi connectivity index (χ2n) is 7.55. The maximum atomic E-state index is 12.8. The third-order valence-corrected chi connectivity index (χ3v) is 6.00. The number of phenols is 1. The summed E-state index contributed by atoms with van der Waals surface area (Å²) >= 11 is 0. The van der Waals surface area contributed by atoms with E-state index in [1.54, 1.807) is 13.0 Å². The van der Waals surface area contributed by atoms with Crippen LogP contribution in [-0.4, -0.2) is 18.4 Å². The summed E-state index contributed by atoms with van der Waals surface area (Å²) in [5.41, 5.74) is 5.12. The third-order valence-electron chi connectivity index (χ3n) is 4.74. The number of allylic oxidation sites excluding steroid dienone is 1. The van der Waals surface area contributed by atoms with Crippen molar-refractivity contribution in [3.05, 3.63) is 53.6 Å². The first kappa shape index (κ1) is 23.3. The number of phenolic OH excluding ortho intramolecular Hbond substituents is 1. The zero-order chi connectivity index (χ0) is 21.6. The molecule has 1 N–H and O–H groups in total. The summed E-state index contributed by atoms with van der Waals surface area (Å²) in [6.07, 6.45) is 4.07. The molecule has 0 amide bonds. The zero-order valence-electron chi connectivity index (χ0n) is 18.2. The van der Waals surface area contributed by atoms with E-state index in [0.29, 0.717) is 11.3 Å². The van der Waals surface area contributed by atoms with Gasteiger partial charge in [0.25, 0.3) is 0 Å². The Labute approximate surface area is 175 Å². The van der Waals surface area contributed by atoms with Crippen LogP contribution in [0.4, 0.5) is 0 Å². The molecule has 29 heavy (non-hydrogen) atoms. The van der Waals surface area contributed by atoms with Crippen LogP contribution in [0.3, 0.4) is 0 Å². The van der Waals surface area contributed by atoms with Crippen molar-refractivity contribution in [3.8, 4) is 22.6 Å². The molecule has 0 aliphatic rings. The summed E-state index contributed by atoms with van der Waals surface area (Å²) in [5, 5.41) is 11.0. The van der Waals surface area contributed by atoms with Crippen molar-refractivity contribution in [1.82, 2.24) is 0 Å². The SMILES string of the molecule is C=C(C)c1ccc(C)cc1-c1c(O)cc(CCCCC)cc1OP(C)(=O)OCC. The molecule has 5 heteroatoms. The minimum Gasteiger partial charge on any atom is -0.507 e. The fraction of sp³-hybridized carbons (Fsp3) is 0.417. The van der Waals surface area contributed by atoms with E-state index in [9.17, 15) is 9.67 Å². The molecule has 2 aromatic carbocycles. The molecular formula is C24H33O4P. The van der Waals surface area contributed by atoms with Gasteiger partial charge >= 0.3 is 7.60 Å². The Morgan fingerprint density at radius 3 is 2.52 bits per heavy atom. The highest BCUT2D eigenvalue weighted by Crippen LogP contribution is 2.50. The van der Waals surface area contributed by atoms with E-state index in [-0.39, 0.29) is 12.4 Å². The van der Waals surface area contributed by atoms with Gasteiger partial charge in [0.05, 0.1) is 12.2 Å². The van der Waals surface area contributed by atoms with Gasteiger partial charge in [0.1, 0.15) is 11.5 Å². The van der Waals surface area contributed by atoms with E-state index >= 15 is 0 Å². The first-order chi connectivity index (χ1) is 13.7. The highest BCUT2D eigenvalue weighted by Gasteiger charge is 2.24. The van der Waals surface area contributed by atoms with Crippen molar-refractivity contribution in [2.75, 3.05) is 13.3 Å². The number of hydrogen-bond acceptors (Lipinski definition) is 4. The topological polar surface area (TPSA) is 55.8 Å². The quantitative estimate of drug-likeness (QED) is 0.324. The Bertz CT molecular complexity index is 917. The minimum atomic E-state index is -3.32. The highest BCUT2D eigenvalue weighted by molar-refractivity contribution is 7.53. The Morgan fingerprint density at radius 2 is 1.90 bits per heavy atom. The van der Waals surface area contributed by atoms with Crippen molar-refractivity contribution in [3.63, 3.8) is 0 Å². The van der Waals surface area contributed by atoms with Gasteiger partial charge in [0.15, 0.2) is 0 Å². The first-order valence-corrected chi connectivity index (χ1v) is 12.2. The molecule has 0 saturated carbocycles. The monoisotopic (exact) mass is 416 g/mol. The molecule has 2 aromatic rings. The molecule has 0 aromatic heterocycles. The Balaban J connectivity index is 2.66. The van der Waals surface area contributed by atoms with Gasteiger partial charge in [-0.15, -0.1) is 0 Å². The summed E-state index contributed by atoms with van der Waals surface area (Å²) in [6, 6.07) is 9.65. The largest absolute Gasteiger partial charge is 0.507 e. The van der Waals surface area contributed by atoms with E-state index in [1.807, 2.05) is 38.1 Å². The molecule has 0 bridgehead atoms. The van der Waals surface area contributed by atoms with Crippen molar-refractivity contribution in [2.24, 2.45) is 0 Å². The minimum absolute atomic E-state index is 0.110. The van der Waals surface area contributed by atoms with Crippen LogP contribution in [0.1, 0.15) is 56.7 Å². The number of aromatic hydroxyl groups is 1.